The van der Waals surface area contributed by atoms with E-state index in [2.05, 4.69) is 60.9 Å². The molecule has 224 valence electrons. The van der Waals surface area contributed by atoms with Gasteiger partial charge in [-0.05, 0) is 67.5 Å². The second-order valence-corrected chi connectivity index (χ2v) is 10.8. The number of methoxy groups -OCH3 is 1. The maximum Gasteiger partial charge on any atom is 0.398 e. The van der Waals surface area contributed by atoms with Gasteiger partial charge in [0.05, 0.1) is 18.3 Å². The summed E-state index contributed by atoms with van der Waals surface area (Å²) < 4.78 is 59.0. The Balaban J connectivity index is 1.94. The van der Waals surface area contributed by atoms with Gasteiger partial charge in [0, 0.05) is 29.6 Å². The molecule has 0 spiro atoms. The molecule has 41 heavy (non-hydrogen) atoms. The number of unbranched alkanes of at least 4 members (excludes halogenated alkanes) is 2. The second-order valence-electron chi connectivity index (χ2n) is 10.8. The maximum absolute atomic E-state index is 13.6. The van der Waals surface area contributed by atoms with E-state index in [4.69, 9.17) is 9.47 Å². The molecule has 1 unspecified atom stereocenters. The van der Waals surface area contributed by atoms with Gasteiger partial charge in [0.1, 0.15) is 30.6 Å². The average Bonchev–Trinajstić information content (AvgIpc) is 3.29. The Kier molecular flexibility index (Phi) is 11.7. The normalized spacial score (nSPS) is 12.5. The van der Waals surface area contributed by atoms with Crippen LogP contribution in [-0.2, 0) is 22.5 Å². The van der Waals surface area contributed by atoms with Crippen LogP contribution in [0.25, 0.3) is 22.2 Å². The minimum atomic E-state index is -4.59. The zero-order valence-corrected chi connectivity index (χ0v) is 24.6. The number of esters is 1. The van der Waals surface area contributed by atoms with E-state index in [0.717, 1.165) is 72.6 Å². The molecule has 0 aliphatic rings. The molecule has 1 heterocycles. The van der Waals surface area contributed by atoms with Gasteiger partial charge in [-0.3, -0.25) is 0 Å². The van der Waals surface area contributed by atoms with Crippen molar-refractivity contribution in [3.8, 4) is 22.8 Å². The van der Waals surface area contributed by atoms with Crippen LogP contribution in [0.4, 0.5) is 13.2 Å². The molecule has 3 aromatic rings. The topological polar surface area (TPSA) is 49.7 Å². The number of fused-ring (bicyclic) bond motifs is 1. The van der Waals surface area contributed by atoms with Crippen LogP contribution in [0.5, 0.6) is 11.5 Å². The van der Waals surface area contributed by atoms with Crippen molar-refractivity contribution in [2.24, 2.45) is 11.8 Å². The quantitative estimate of drug-likeness (QED) is 0.0976. The number of rotatable bonds is 16. The fourth-order valence-corrected chi connectivity index (χ4v) is 4.80. The van der Waals surface area contributed by atoms with Crippen molar-refractivity contribution >= 4 is 16.9 Å². The lowest BCUT2D eigenvalue weighted by Gasteiger charge is -2.20. The van der Waals surface area contributed by atoms with E-state index in [1.807, 2.05) is 6.07 Å². The number of hydrogen-bond acceptors (Lipinski definition) is 4. The van der Waals surface area contributed by atoms with E-state index in [-0.39, 0.29) is 0 Å². The van der Waals surface area contributed by atoms with Gasteiger partial charge in [-0.15, -0.1) is 0 Å². The van der Waals surface area contributed by atoms with Gasteiger partial charge in [-0.2, -0.15) is 13.2 Å². The Morgan fingerprint density at radius 1 is 1.05 bits per heavy atom. The summed E-state index contributed by atoms with van der Waals surface area (Å²) in [4.78, 5) is 11.3. The predicted molar refractivity (Wildman–Crippen MR) is 157 cm³/mol. The highest BCUT2D eigenvalue weighted by Gasteiger charge is 2.41. The zero-order chi connectivity index (χ0) is 30.0. The summed E-state index contributed by atoms with van der Waals surface area (Å²) in [7, 11) is 1.68. The molecule has 5 nitrogen and oxygen atoms in total. The van der Waals surface area contributed by atoms with Gasteiger partial charge < -0.3 is 18.8 Å². The van der Waals surface area contributed by atoms with Crippen molar-refractivity contribution in [1.29, 1.82) is 0 Å². The maximum atomic E-state index is 13.6. The largest absolute Gasteiger partial charge is 0.496 e. The lowest BCUT2D eigenvalue weighted by atomic mass is 10.0. The molecule has 0 aliphatic heterocycles. The first-order valence-electron chi connectivity index (χ1n) is 14.4. The molecule has 0 aliphatic carbocycles. The minimum Gasteiger partial charge on any atom is -0.496 e. The lowest BCUT2D eigenvalue weighted by Crippen LogP contribution is -2.33. The van der Waals surface area contributed by atoms with E-state index in [0.29, 0.717) is 11.7 Å². The van der Waals surface area contributed by atoms with Crippen molar-refractivity contribution in [3.63, 3.8) is 0 Å². The fourth-order valence-electron chi connectivity index (χ4n) is 4.80. The summed E-state index contributed by atoms with van der Waals surface area (Å²) in [5.74, 6) is -1.21. The van der Waals surface area contributed by atoms with E-state index < -0.39 is 31.3 Å². The van der Waals surface area contributed by atoms with Gasteiger partial charge in [0.2, 0.25) is 0 Å². The first-order valence-corrected chi connectivity index (χ1v) is 14.4. The summed E-state index contributed by atoms with van der Waals surface area (Å²) >= 11 is 0. The highest BCUT2D eigenvalue weighted by atomic mass is 19.4. The zero-order valence-electron chi connectivity index (χ0n) is 24.6. The summed E-state index contributed by atoms with van der Waals surface area (Å²) in [6.45, 7) is 9.01. The molecule has 3 rings (SSSR count). The number of ether oxygens (including phenoxy) is 3. The van der Waals surface area contributed by atoms with Gasteiger partial charge in [0.15, 0.2) is 0 Å². The van der Waals surface area contributed by atoms with Crippen molar-refractivity contribution in [2.75, 3.05) is 20.3 Å². The molecule has 0 fully saturated rings. The monoisotopic (exact) mass is 573 g/mol. The van der Waals surface area contributed by atoms with Crippen LogP contribution in [0, 0.1) is 11.8 Å². The Morgan fingerprint density at radius 3 is 2.49 bits per heavy atom. The average molecular weight is 574 g/mol. The molecule has 0 radical (unpaired) electrons. The molecule has 8 heteroatoms. The third kappa shape index (κ3) is 9.03. The smallest absolute Gasteiger partial charge is 0.398 e. The standard InChI is InChI=1S/C33H42F3NO4/c1-6-8-9-12-24-13-16-28(31(18-24)39-5)30-19-25-14-15-27(20-29(25)37(30)17-10-11-23(3)4)40-21-26(33(34,35)36)22-41-32(38)7-2/h7,13-16,18-20,23,26H,2,6,8-12,17,21-22H2,1,3-5H3. The molecular weight excluding hydrogens is 531 g/mol. The van der Waals surface area contributed by atoms with Crippen molar-refractivity contribution in [2.45, 2.75) is 72.0 Å². The Labute approximate surface area is 241 Å². The fraction of sp³-hybridized carbons (Fsp3) is 0.485. The molecule has 0 saturated heterocycles. The summed E-state index contributed by atoms with van der Waals surface area (Å²) in [5.41, 5.74) is 4.06. The van der Waals surface area contributed by atoms with Gasteiger partial charge in [-0.25, -0.2) is 4.79 Å². The number of halogens is 3. The molecule has 1 atom stereocenters. The SMILES string of the molecule is C=CC(=O)OCC(COc1ccc2cc(-c3ccc(CCCCC)cc3OC)n(CCCC(C)C)c2c1)C(F)(F)F. The second kappa shape index (κ2) is 15.0. The van der Waals surface area contributed by atoms with E-state index >= 15 is 0 Å². The van der Waals surface area contributed by atoms with Crippen molar-refractivity contribution in [1.82, 2.24) is 4.57 Å². The molecule has 2 aromatic carbocycles. The lowest BCUT2D eigenvalue weighted by molar-refractivity contribution is -0.195. The van der Waals surface area contributed by atoms with Crippen LogP contribution in [0.15, 0.2) is 55.1 Å². The molecule has 0 bridgehead atoms. The van der Waals surface area contributed by atoms with E-state index in [1.165, 1.54) is 12.0 Å². The third-order valence-corrected chi connectivity index (χ3v) is 7.16. The molecule has 0 amide bonds. The number of nitrogens with zero attached hydrogens (tertiary/aromatic N) is 1. The number of benzene rings is 2. The summed E-state index contributed by atoms with van der Waals surface area (Å²) in [6, 6.07) is 13.8. The molecular formula is C33H42F3NO4. The Morgan fingerprint density at radius 2 is 1.83 bits per heavy atom. The van der Waals surface area contributed by atoms with E-state index in [9.17, 15) is 18.0 Å². The Hall–Kier alpha value is -3.42. The van der Waals surface area contributed by atoms with Crippen LogP contribution in [0.2, 0.25) is 0 Å². The van der Waals surface area contributed by atoms with Crippen LogP contribution in [0.3, 0.4) is 0 Å². The van der Waals surface area contributed by atoms with Crippen LogP contribution in [0.1, 0.15) is 58.4 Å². The van der Waals surface area contributed by atoms with Crippen molar-refractivity contribution < 1.29 is 32.2 Å². The summed E-state index contributed by atoms with van der Waals surface area (Å²) in [6.07, 6.45) is 2.70. The number of aryl methyl sites for hydroxylation is 2. The molecule has 1 aromatic heterocycles. The number of alkyl halides is 3. The van der Waals surface area contributed by atoms with Gasteiger partial charge >= 0.3 is 12.1 Å². The van der Waals surface area contributed by atoms with Crippen molar-refractivity contribution in [3.05, 3.63) is 60.7 Å². The number of hydrogen-bond donors (Lipinski definition) is 0. The first-order chi connectivity index (χ1) is 19.6. The first kappa shape index (κ1) is 32.1. The van der Waals surface area contributed by atoms with Gasteiger partial charge in [-0.1, -0.05) is 46.3 Å². The molecule has 0 N–H and O–H groups in total. The highest BCUT2D eigenvalue weighted by Crippen LogP contribution is 2.37. The van der Waals surface area contributed by atoms with E-state index in [1.54, 1.807) is 19.2 Å². The van der Waals surface area contributed by atoms with Gasteiger partial charge in [0.25, 0.3) is 0 Å². The predicted octanol–water partition coefficient (Wildman–Crippen LogP) is 8.77. The highest BCUT2D eigenvalue weighted by molar-refractivity contribution is 5.89. The van der Waals surface area contributed by atoms with Crippen LogP contribution < -0.4 is 9.47 Å². The minimum absolute atomic E-state index is 0.315. The number of carbonyl (C=O) groups is 1. The third-order valence-electron chi connectivity index (χ3n) is 7.16. The van der Waals surface area contributed by atoms with Crippen LogP contribution in [-0.4, -0.2) is 37.0 Å². The molecule has 0 saturated carbocycles. The Bertz CT molecular complexity index is 1300. The van der Waals surface area contributed by atoms with Crippen LogP contribution >= 0.6 is 0 Å². The number of carbonyl (C=O) groups excluding carboxylic acids is 1. The summed E-state index contributed by atoms with van der Waals surface area (Å²) in [5, 5.41) is 0.957. The number of aromatic nitrogens is 1.